The summed E-state index contributed by atoms with van der Waals surface area (Å²) in [5, 5.41) is 5.96. The number of alkyl halides is 2. The first-order chi connectivity index (χ1) is 17.3. The number of piperidine rings is 2. The van der Waals surface area contributed by atoms with Gasteiger partial charge in [0, 0.05) is 51.1 Å². The van der Waals surface area contributed by atoms with Crippen LogP contribution >= 0.6 is 0 Å². The molecule has 3 aromatic rings. The number of nitrogens with zero attached hydrogens (tertiary/aromatic N) is 3. The number of likely N-dealkylation sites (tertiary alicyclic amines) is 1. The summed E-state index contributed by atoms with van der Waals surface area (Å²) < 4.78 is 28.0. The lowest BCUT2D eigenvalue weighted by molar-refractivity contribution is -0.135. The first-order valence-corrected chi connectivity index (χ1v) is 12.0. The van der Waals surface area contributed by atoms with Crippen molar-refractivity contribution in [3.63, 3.8) is 0 Å². The zero-order valence-corrected chi connectivity index (χ0v) is 19.7. The number of hydrogen-bond acceptors (Lipinski definition) is 6. The number of halogens is 2. The zero-order valence-electron chi connectivity index (χ0n) is 19.7. The molecule has 0 saturated carbocycles. The standard InChI is InChI=1S/C26H27F2N5O3/c27-26(28)10-12-32(13-11-26)15-18-6-4-17(5-7-18)14-29-19-2-1-3-20-23(19)25(36)33(16-30-20)21-8-9-22(34)31-24(21)35/h1-7,16,21,29H,8-15H2,(H,31,34,35). The van der Waals surface area contributed by atoms with Crippen molar-refractivity contribution in [3.05, 3.63) is 70.3 Å². The summed E-state index contributed by atoms with van der Waals surface area (Å²) in [6.07, 6.45) is 1.58. The van der Waals surface area contributed by atoms with Gasteiger partial charge in [0.1, 0.15) is 6.04 Å². The first kappa shape index (κ1) is 24.1. The third-order valence-corrected chi connectivity index (χ3v) is 6.86. The van der Waals surface area contributed by atoms with Crippen molar-refractivity contribution < 1.29 is 18.4 Å². The molecule has 5 rings (SSSR count). The van der Waals surface area contributed by atoms with Crippen LogP contribution in [-0.2, 0) is 22.7 Å². The molecule has 2 aliphatic rings. The quantitative estimate of drug-likeness (QED) is 0.510. The Hall–Kier alpha value is -3.66. The second-order valence-electron chi connectivity index (χ2n) is 9.43. The number of nitrogens with one attached hydrogen (secondary N) is 2. The van der Waals surface area contributed by atoms with Gasteiger partial charge in [-0.05, 0) is 29.7 Å². The molecule has 1 atom stereocenters. The number of carbonyl (C=O) groups is 2. The Morgan fingerprint density at radius 1 is 1.03 bits per heavy atom. The average Bonchev–Trinajstić information content (AvgIpc) is 2.86. The summed E-state index contributed by atoms with van der Waals surface area (Å²) in [7, 11) is 0. The summed E-state index contributed by atoms with van der Waals surface area (Å²) in [5.41, 5.74) is 2.82. The number of amides is 2. The van der Waals surface area contributed by atoms with E-state index in [-0.39, 0.29) is 37.1 Å². The Bertz CT molecular complexity index is 1350. The number of anilines is 1. The fraction of sp³-hybridized carbons (Fsp3) is 0.385. The highest BCUT2D eigenvalue weighted by molar-refractivity contribution is 5.99. The van der Waals surface area contributed by atoms with E-state index in [4.69, 9.17) is 0 Å². The molecular weight excluding hydrogens is 468 g/mol. The maximum atomic E-state index is 13.4. The van der Waals surface area contributed by atoms with Gasteiger partial charge in [-0.25, -0.2) is 13.8 Å². The normalized spacial score (nSPS) is 20.3. The molecule has 0 spiro atoms. The summed E-state index contributed by atoms with van der Waals surface area (Å²) in [4.78, 5) is 43.5. The molecule has 2 N–H and O–H groups in total. The topological polar surface area (TPSA) is 96.3 Å². The number of hydrogen-bond donors (Lipinski definition) is 2. The largest absolute Gasteiger partial charge is 0.380 e. The third kappa shape index (κ3) is 5.13. The van der Waals surface area contributed by atoms with Crippen molar-refractivity contribution in [2.75, 3.05) is 18.4 Å². The number of fused-ring (bicyclic) bond motifs is 1. The monoisotopic (exact) mass is 495 g/mol. The van der Waals surface area contributed by atoms with Crippen LogP contribution in [0.25, 0.3) is 10.9 Å². The van der Waals surface area contributed by atoms with Gasteiger partial charge in [0.05, 0.1) is 17.2 Å². The minimum atomic E-state index is -2.55. The van der Waals surface area contributed by atoms with E-state index < -0.39 is 17.9 Å². The number of rotatable bonds is 6. The lowest BCUT2D eigenvalue weighted by Gasteiger charge is -2.31. The molecular formula is C26H27F2N5O3. The van der Waals surface area contributed by atoms with Gasteiger partial charge < -0.3 is 5.32 Å². The fourth-order valence-electron chi connectivity index (χ4n) is 4.75. The Kier molecular flexibility index (Phi) is 6.53. The summed E-state index contributed by atoms with van der Waals surface area (Å²) >= 11 is 0. The predicted molar refractivity (Wildman–Crippen MR) is 131 cm³/mol. The number of carbonyl (C=O) groups excluding carboxylic acids is 2. The summed E-state index contributed by atoms with van der Waals surface area (Å²) in [5.74, 6) is -3.39. The van der Waals surface area contributed by atoms with Crippen LogP contribution in [0.5, 0.6) is 0 Å². The van der Waals surface area contributed by atoms with Gasteiger partial charge >= 0.3 is 0 Å². The van der Waals surface area contributed by atoms with E-state index in [9.17, 15) is 23.2 Å². The predicted octanol–water partition coefficient (Wildman–Crippen LogP) is 3.22. The van der Waals surface area contributed by atoms with E-state index in [1.165, 1.54) is 10.9 Å². The van der Waals surface area contributed by atoms with Gasteiger partial charge in [0.2, 0.25) is 11.8 Å². The minimum absolute atomic E-state index is 0.0971. The van der Waals surface area contributed by atoms with Crippen LogP contribution in [0.15, 0.2) is 53.6 Å². The number of imide groups is 1. The van der Waals surface area contributed by atoms with Gasteiger partial charge in [-0.15, -0.1) is 0 Å². The van der Waals surface area contributed by atoms with Crippen LogP contribution in [-0.4, -0.2) is 45.3 Å². The molecule has 8 nitrogen and oxygen atoms in total. The maximum absolute atomic E-state index is 13.4. The molecule has 1 aromatic heterocycles. The van der Waals surface area contributed by atoms with E-state index >= 15 is 0 Å². The summed E-state index contributed by atoms with van der Waals surface area (Å²) in [6.45, 7) is 1.88. The third-order valence-electron chi connectivity index (χ3n) is 6.86. The van der Waals surface area contributed by atoms with E-state index in [2.05, 4.69) is 15.6 Å². The van der Waals surface area contributed by atoms with Crippen molar-refractivity contribution in [1.82, 2.24) is 19.8 Å². The van der Waals surface area contributed by atoms with Crippen molar-refractivity contribution in [1.29, 1.82) is 0 Å². The van der Waals surface area contributed by atoms with Gasteiger partial charge in [-0.3, -0.25) is 29.2 Å². The average molecular weight is 496 g/mol. The first-order valence-electron chi connectivity index (χ1n) is 12.0. The Morgan fingerprint density at radius 3 is 2.47 bits per heavy atom. The van der Waals surface area contributed by atoms with Crippen molar-refractivity contribution in [3.8, 4) is 0 Å². The van der Waals surface area contributed by atoms with Crippen LogP contribution in [0.1, 0.15) is 42.9 Å². The highest BCUT2D eigenvalue weighted by atomic mass is 19.3. The molecule has 2 fully saturated rings. The number of aromatic nitrogens is 2. The van der Waals surface area contributed by atoms with Gasteiger partial charge in [-0.2, -0.15) is 0 Å². The lowest BCUT2D eigenvalue weighted by Crippen LogP contribution is -2.44. The van der Waals surface area contributed by atoms with Crippen molar-refractivity contribution in [2.45, 2.75) is 50.7 Å². The van der Waals surface area contributed by atoms with Crippen molar-refractivity contribution >= 4 is 28.4 Å². The van der Waals surface area contributed by atoms with Crippen molar-refractivity contribution in [2.24, 2.45) is 0 Å². The van der Waals surface area contributed by atoms with E-state index in [1.54, 1.807) is 18.2 Å². The molecule has 2 aromatic carbocycles. The second kappa shape index (κ2) is 9.77. The molecule has 2 amide bonds. The van der Waals surface area contributed by atoms with E-state index in [1.807, 2.05) is 29.2 Å². The Balaban J connectivity index is 1.29. The SMILES string of the molecule is O=C1CCC(n2cnc3cccc(NCc4ccc(CN5CCC(F)(F)CC5)cc4)c3c2=O)C(=O)N1. The van der Waals surface area contributed by atoms with E-state index in [0.29, 0.717) is 42.8 Å². The minimum Gasteiger partial charge on any atom is -0.380 e. The van der Waals surface area contributed by atoms with Gasteiger partial charge in [-0.1, -0.05) is 30.3 Å². The molecule has 2 aliphatic heterocycles. The molecule has 3 heterocycles. The van der Waals surface area contributed by atoms with Crippen LogP contribution in [0.3, 0.4) is 0 Å². The second-order valence-corrected chi connectivity index (χ2v) is 9.43. The molecule has 1 unspecified atom stereocenters. The number of benzene rings is 2. The molecule has 0 radical (unpaired) electrons. The maximum Gasteiger partial charge on any atom is 0.264 e. The Labute approximate surface area is 206 Å². The molecule has 0 aliphatic carbocycles. The smallest absolute Gasteiger partial charge is 0.264 e. The zero-order chi connectivity index (χ0) is 25.3. The van der Waals surface area contributed by atoms with Gasteiger partial charge in [0.15, 0.2) is 0 Å². The van der Waals surface area contributed by atoms with Crippen LogP contribution < -0.4 is 16.2 Å². The molecule has 36 heavy (non-hydrogen) atoms. The lowest BCUT2D eigenvalue weighted by atomic mass is 10.1. The fourth-order valence-corrected chi connectivity index (χ4v) is 4.75. The Morgan fingerprint density at radius 2 is 1.75 bits per heavy atom. The molecule has 0 bridgehead atoms. The van der Waals surface area contributed by atoms with E-state index in [0.717, 1.165) is 11.1 Å². The van der Waals surface area contributed by atoms with Crippen LogP contribution in [0, 0.1) is 0 Å². The molecule has 10 heteroatoms. The van der Waals surface area contributed by atoms with Gasteiger partial charge in [0.25, 0.3) is 11.5 Å². The molecule has 188 valence electrons. The molecule has 2 saturated heterocycles. The van der Waals surface area contributed by atoms with Crippen LogP contribution in [0.4, 0.5) is 14.5 Å². The summed E-state index contributed by atoms with van der Waals surface area (Å²) in [6, 6.07) is 12.5. The highest BCUT2D eigenvalue weighted by Gasteiger charge is 2.33. The van der Waals surface area contributed by atoms with Crippen LogP contribution in [0.2, 0.25) is 0 Å². The highest BCUT2D eigenvalue weighted by Crippen LogP contribution is 2.28.